The van der Waals surface area contributed by atoms with Crippen LogP contribution in [0.15, 0.2) is 24.5 Å². The average Bonchev–Trinajstić information content (AvgIpc) is 2.67. The van der Waals surface area contributed by atoms with Crippen molar-refractivity contribution in [2.24, 2.45) is 0 Å². The highest BCUT2D eigenvalue weighted by Gasteiger charge is 2.42. The molecule has 1 fully saturated rings. The number of rotatable bonds is 8. The molecule has 152 valence electrons. The molecule has 2 rings (SSSR count). The second-order valence-electron chi connectivity index (χ2n) is 6.66. The van der Waals surface area contributed by atoms with Crippen molar-refractivity contribution in [3.63, 3.8) is 0 Å². The monoisotopic (exact) mass is 374 g/mol. The Labute approximate surface area is 155 Å². The Balaban J connectivity index is 0.000000263. The summed E-state index contributed by atoms with van der Waals surface area (Å²) in [6.45, 7) is 1.73. The molecule has 7 nitrogen and oxygen atoms in total. The zero-order valence-corrected chi connectivity index (χ0v) is 15.5. The van der Waals surface area contributed by atoms with Crippen LogP contribution in [0.25, 0.3) is 0 Å². The molecule has 1 saturated heterocycles. The molecular weight excluding hydrogens is 340 g/mol. The Morgan fingerprint density at radius 3 is 2.15 bits per heavy atom. The predicted molar refractivity (Wildman–Crippen MR) is 97.1 cm³/mol. The summed E-state index contributed by atoms with van der Waals surface area (Å²) in [5, 5.41) is 44.7. The Bertz CT molecular complexity index is 408. The van der Waals surface area contributed by atoms with Gasteiger partial charge in [0.15, 0.2) is 6.29 Å². The van der Waals surface area contributed by atoms with Crippen LogP contribution < -0.4 is 0 Å². The molecule has 2 unspecified atom stereocenters. The molecule has 2 aliphatic heterocycles. The van der Waals surface area contributed by atoms with Crippen LogP contribution in [0.2, 0.25) is 0 Å². The maximum Gasteiger partial charge on any atom is 0.184 e. The maximum atomic E-state index is 9.12. The molecule has 7 heteroatoms. The van der Waals surface area contributed by atoms with E-state index in [0.717, 1.165) is 0 Å². The average molecular weight is 374 g/mol. The third kappa shape index (κ3) is 8.16. The van der Waals surface area contributed by atoms with E-state index < -0.39 is 37.3 Å². The Kier molecular flexibility index (Phi) is 11.8. The van der Waals surface area contributed by atoms with E-state index in [2.05, 4.69) is 23.8 Å². The number of allylic oxidation sites excluding steroid dienone is 2. The molecule has 0 amide bonds. The van der Waals surface area contributed by atoms with E-state index in [1.807, 2.05) is 6.08 Å². The second kappa shape index (κ2) is 13.2. The molecule has 26 heavy (non-hydrogen) atoms. The summed E-state index contributed by atoms with van der Waals surface area (Å²) in [7, 11) is 0. The van der Waals surface area contributed by atoms with E-state index in [4.69, 9.17) is 30.3 Å². The standard InChI is InChI=1S/C13H22O.C6H12O6/c1-2-3-4-5-6-7-10-13-11-8-9-12-14-13;7-1-2-3(8)4(9)5(10)6(11)12-2/h8-9,11-13H,2-7,10H2,1H3;2-11H,1H2/t;2-,3-,4+,5-,6?/m.1/s1. The normalized spacial score (nSPS) is 33.3. The summed E-state index contributed by atoms with van der Waals surface area (Å²) >= 11 is 0. The Morgan fingerprint density at radius 1 is 0.846 bits per heavy atom. The maximum absolute atomic E-state index is 9.12. The van der Waals surface area contributed by atoms with Gasteiger partial charge < -0.3 is 35.0 Å². The van der Waals surface area contributed by atoms with Gasteiger partial charge in [-0.1, -0.05) is 45.1 Å². The van der Waals surface area contributed by atoms with Gasteiger partial charge in [-0.05, 0) is 25.0 Å². The molecule has 0 aliphatic carbocycles. The zero-order chi connectivity index (χ0) is 19.4. The van der Waals surface area contributed by atoms with Crippen LogP contribution in [-0.2, 0) is 9.47 Å². The summed E-state index contributed by atoms with van der Waals surface area (Å²) in [6, 6.07) is 0. The smallest absolute Gasteiger partial charge is 0.184 e. The molecular formula is C19H34O7. The molecule has 0 aromatic heterocycles. The van der Waals surface area contributed by atoms with Crippen LogP contribution in [0.4, 0.5) is 0 Å². The number of aliphatic hydroxyl groups is 5. The largest absolute Gasteiger partial charge is 0.494 e. The molecule has 0 spiro atoms. The fourth-order valence-electron chi connectivity index (χ4n) is 2.80. The van der Waals surface area contributed by atoms with Crippen molar-refractivity contribution in [3.05, 3.63) is 24.5 Å². The lowest BCUT2D eigenvalue weighted by atomic mass is 10.00. The highest BCUT2D eigenvalue weighted by molar-refractivity contribution is 5.07. The van der Waals surface area contributed by atoms with Crippen molar-refractivity contribution in [2.45, 2.75) is 88.7 Å². The van der Waals surface area contributed by atoms with Crippen molar-refractivity contribution in [2.75, 3.05) is 6.61 Å². The lowest BCUT2D eigenvalue weighted by molar-refractivity contribution is -0.286. The third-order valence-electron chi connectivity index (χ3n) is 4.48. The van der Waals surface area contributed by atoms with Crippen molar-refractivity contribution in [1.29, 1.82) is 0 Å². The first kappa shape index (κ1) is 23.1. The third-order valence-corrected chi connectivity index (χ3v) is 4.48. The summed E-state index contributed by atoms with van der Waals surface area (Å²) in [5.41, 5.74) is 0. The van der Waals surface area contributed by atoms with Crippen LogP contribution in [0.5, 0.6) is 0 Å². The first-order valence-electron chi connectivity index (χ1n) is 9.48. The molecule has 0 aromatic carbocycles. The van der Waals surface area contributed by atoms with Gasteiger partial charge in [-0.3, -0.25) is 0 Å². The first-order valence-corrected chi connectivity index (χ1v) is 9.48. The van der Waals surface area contributed by atoms with Crippen LogP contribution in [0.3, 0.4) is 0 Å². The van der Waals surface area contributed by atoms with Crippen LogP contribution in [0.1, 0.15) is 51.9 Å². The molecule has 0 aromatic rings. The van der Waals surface area contributed by atoms with Crippen molar-refractivity contribution >= 4 is 0 Å². The van der Waals surface area contributed by atoms with Gasteiger partial charge in [0.2, 0.25) is 0 Å². The molecule has 6 atom stereocenters. The Hall–Kier alpha value is -0.960. The summed E-state index contributed by atoms with van der Waals surface area (Å²) in [6.07, 6.45) is 10.6. The summed E-state index contributed by atoms with van der Waals surface area (Å²) in [5.74, 6) is 0. The number of hydrogen-bond acceptors (Lipinski definition) is 7. The summed E-state index contributed by atoms with van der Waals surface area (Å²) in [4.78, 5) is 0. The van der Waals surface area contributed by atoms with Crippen molar-refractivity contribution in [3.8, 4) is 0 Å². The van der Waals surface area contributed by atoms with E-state index in [1.54, 1.807) is 6.26 Å². The molecule has 2 aliphatic rings. The predicted octanol–water partition coefficient (Wildman–Crippen LogP) is 0.984. The van der Waals surface area contributed by atoms with E-state index in [-0.39, 0.29) is 0 Å². The first-order chi connectivity index (χ1) is 12.5. The Morgan fingerprint density at radius 2 is 1.54 bits per heavy atom. The van der Waals surface area contributed by atoms with E-state index in [0.29, 0.717) is 6.10 Å². The number of hydrogen-bond donors (Lipinski definition) is 5. The van der Waals surface area contributed by atoms with Gasteiger partial charge in [0.05, 0.1) is 12.9 Å². The number of aliphatic hydroxyl groups excluding tert-OH is 5. The SMILES string of the molecule is CCCCCCCCC1C=CC=CO1.OC[C@H]1OC(O)[C@H](O)[C@@H](O)[C@@H]1O. The van der Waals surface area contributed by atoms with Crippen LogP contribution in [0, 0.1) is 0 Å². The quantitative estimate of drug-likeness (QED) is 0.402. The minimum atomic E-state index is -1.57. The van der Waals surface area contributed by atoms with Gasteiger partial charge in [0.1, 0.15) is 30.5 Å². The van der Waals surface area contributed by atoms with Crippen molar-refractivity contribution < 1.29 is 35.0 Å². The van der Waals surface area contributed by atoms with Gasteiger partial charge in [0, 0.05) is 0 Å². The minimum absolute atomic E-state index is 0.339. The van der Waals surface area contributed by atoms with Crippen LogP contribution >= 0.6 is 0 Å². The highest BCUT2D eigenvalue weighted by atomic mass is 16.6. The van der Waals surface area contributed by atoms with Gasteiger partial charge in [-0.15, -0.1) is 0 Å². The van der Waals surface area contributed by atoms with E-state index >= 15 is 0 Å². The molecule has 0 bridgehead atoms. The molecule has 0 saturated carbocycles. The molecule has 5 N–H and O–H groups in total. The van der Waals surface area contributed by atoms with Gasteiger partial charge in [-0.25, -0.2) is 0 Å². The molecule has 2 heterocycles. The topological polar surface area (TPSA) is 120 Å². The minimum Gasteiger partial charge on any atom is -0.494 e. The summed E-state index contributed by atoms with van der Waals surface area (Å²) < 4.78 is 10.0. The second-order valence-corrected chi connectivity index (χ2v) is 6.66. The van der Waals surface area contributed by atoms with Gasteiger partial charge >= 0.3 is 0 Å². The fraction of sp³-hybridized carbons (Fsp3) is 0.789. The lowest BCUT2D eigenvalue weighted by Crippen LogP contribution is -2.58. The lowest BCUT2D eigenvalue weighted by Gasteiger charge is -2.37. The van der Waals surface area contributed by atoms with E-state index in [9.17, 15) is 0 Å². The zero-order valence-electron chi connectivity index (χ0n) is 15.5. The van der Waals surface area contributed by atoms with Gasteiger partial charge in [-0.2, -0.15) is 0 Å². The van der Waals surface area contributed by atoms with Crippen molar-refractivity contribution in [1.82, 2.24) is 0 Å². The van der Waals surface area contributed by atoms with E-state index in [1.165, 1.54) is 44.9 Å². The van der Waals surface area contributed by atoms with Crippen LogP contribution in [-0.4, -0.2) is 68.9 Å². The fourth-order valence-corrected chi connectivity index (χ4v) is 2.80. The number of unbranched alkanes of at least 4 members (excludes halogenated alkanes) is 5. The number of ether oxygens (including phenoxy) is 2. The highest BCUT2D eigenvalue weighted by Crippen LogP contribution is 2.19. The molecule has 0 radical (unpaired) electrons. The van der Waals surface area contributed by atoms with Gasteiger partial charge in [0.25, 0.3) is 0 Å².